The van der Waals surface area contributed by atoms with E-state index >= 15 is 0 Å². The van der Waals surface area contributed by atoms with Crippen molar-refractivity contribution < 1.29 is 13.9 Å². The van der Waals surface area contributed by atoms with Crippen molar-refractivity contribution in [3.8, 4) is 0 Å². The molecule has 1 unspecified atom stereocenters. The van der Waals surface area contributed by atoms with Gasteiger partial charge in [-0.15, -0.1) is 0 Å². The molecule has 0 radical (unpaired) electrons. The number of ether oxygens (including phenoxy) is 1. The number of nitrogens with one attached hydrogen (secondary N) is 1. The molecule has 0 bridgehead atoms. The second kappa shape index (κ2) is 6.36. The van der Waals surface area contributed by atoms with Gasteiger partial charge in [0, 0.05) is 41.8 Å². The van der Waals surface area contributed by atoms with E-state index < -0.39 is 5.60 Å². The zero-order valence-electron chi connectivity index (χ0n) is 16.1. The fourth-order valence-electron chi connectivity index (χ4n) is 4.30. The van der Waals surface area contributed by atoms with Crippen LogP contribution in [0.15, 0.2) is 30.5 Å². The summed E-state index contributed by atoms with van der Waals surface area (Å²) >= 11 is 0. The number of likely N-dealkylation sites (tertiary alicyclic amines) is 1. The van der Waals surface area contributed by atoms with E-state index in [9.17, 15) is 9.18 Å². The number of pyridine rings is 1. The second-order valence-corrected chi connectivity index (χ2v) is 8.94. The highest BCUT2D eigenvalue weighted by molar-refractivity contribution is 5.91. The molecule has 2 aliphatic rings. The largest absolute Gasteiger partial charge is 0.444 e. The van der Waals surface area contributed by atoms with Gasteiger partial charge in [0.1, 0.15) is 11.4 Å². The van der Waals surface area contributed by atoms with Crippen molar-refractivity contribution in [3.63, 3.8) is 0 Å². The molecule has 1 saturated heterocycles. The number of amides is 1. The SMILES string of the molecule is CC(C)(C)OC(=O)N1CC2(CCC(Nc3ccnc4ccc(F)cc34)C2)C1. The van der Waals surface area contributed by atoms with E-state index in [1.165, 1.54) is 12.1 Å². The molecular formula is C21H26FN3O2. The van der Waals surface area contributed by atoms with Crippen molar-refractivity contribution in [3.05, 3.63) is 36.3 Å². The van der Waals surface area contributed by atoms with Crippen LogP contribution in [0.3, 0.4) is 0 Å². The van der Waals surface area contributed by atoms with Gasteiger partial charge in [-0.1, -0.05) is 0 Å². The molecule has 2 heterocycles. The van der Waals surface area contributed by atoms with Crippen molar-refractivity contribution in [1.29, 1.82) is 0 Å². The van der Waals surface area contributed by atoms with Gasteiger partial charge >= 0.3 is 6.09 Å². The molecule has 1 atom stereocenters. The Hall–Kier alpha value is -2.37. The third kappa shape index (κ3) is 3.70. The number of carbonyl (C=O) groups is 1. The van der Waals surface area contributed by atoms with Crippen LogP contribution in [0.25, 0.3) is 10.9 Å². The highest BCUT2D eigenvalue weighted by Gasteiger charge is 2.50. The van der Waals surface area contributed by atoms with Crippen molar-refractivity contribution in [2.24, 2.45) is 5.41 Å². The lowest BCUT2D eigenvalue weighted by molar-refractivity contribution is -0.0321. The minimum Gasteiger partial charge on any atom is -0.444 e. The normalized spacial score (nSPS) is 21.3. The molecule has 1 saturated carbocycles. The van der Waals surface area contributed by atoms with Crippen molar-refractivity contribution in [2.45, 2.75) is 51.7 Å². The molecular weight excluding hydrogens is 345 g/mol. The molecule has 144 valence electrons. The van der Waals surface area contributed by atoms with Crippen molar-refractivity contribution in [2.75, 3.05) is 18.4 Å². The molecule has 1 aromatic carbocycles. The van der Waals surface area contributed by atoms with E-state index in [0.717, 1.165) is 48.9 Å². The van der Waals surface area contributed by atoms with Gasteiger partial charge in [-0.05, 0) is 64.3 Å². The van der Waals surface area contributed by atoms with Gasteiger partial charge < -0.3 is 15.0 Å². The Morgan fingerprint density at radius 1 is 1.33 bits per heavy atom. The van der Waals surface area contributed by atoms with Crippen LogP contribution in [0.5, 0.6) is 0 Å². The van der Waals surface area contributed by atoms with E-state index in [0.29, 0.717) is 6.04 Å². The van der Waals surface area contributed by atoms with Crippen LogP contribution in [0.4, 0.5) is 14.9 Å². The predicted octanol–water partition coefficient (Wildman–Crippen LogP) is 4.58. The number of hydrogen-bond donors (Lipinski definition) is 1. The molecule has 1 aliphatic carbocycles. The van der Waals surface area contributed by atoms with Crippen LogP contribution >= 0.6 is 0 Å². The molecule has 1 amide bonds. The van der Waals surface area contributed by atoms with Crippen molar-refractivity contribution in [1.82, 2.24) is 9.88 Å². The van der Waals surface area contributed by atoms with E-state index in [2.05, 4.69) is 10.3 Å². The molecule has 1 spiro atoms. The maximum Gasteiger partial charge on any atom is 0.410 e. The average molecular weight is 371 g/mol. The van der Waals surface area contributed by atoms with Crippen LogP contribution in [-0.2, 0) is 4.74 Å². The summed E-state index contributed by atoms with van der Waals surface area (Å²) < 4.78 is 19.1. The monoisotopic (exact) mass is 371 g/mol. The summed E-state index contributed by atoms with van der Waals surface area (Å²) in [5, 5.41) is 4.38. The van der Waals surface area contributed by atoms with Crippen LogP contribution in [0.1, 0.15) is 40.0 Å². The zero-order valence-corrected chi connectivity index (χ0v) is 16.1. The van der Waals surface area contributed by atoms with E-state index in [4.69, 9.17) is 4.74 Å². The van der Waals surface area contributed by atoms with Crippen LogP contribution < -0.4 is 5.32 Å². The summed E-state index contributed by atoms with van der Waals surface area (Å²) in [4.78, 5) is 18.3. The first kappa shape index (κ1) is 18.0. The van der Waals surface area contributed by atoms with Crippen molar-refractivity contribution >= 4 is 22.7 Å². The first-order valence-corrected chi connectivity index (χ1v) is 9.52. The highest BCUT2D eigenvalue weighted by atomic mass is 19.1. The Morgan fingerprint density at radius 2 is 2.11 bits per heavy atom. The Bertz CT molecular complexity index is 871. The summed E-state index contributed by atoms with van der Waals surface area (Å²) in [7, 11) is 0. The molecule has 1 aromatic heterocycles. The summed E-state index contributed by atoms with van der Waals surface area (Å²) in [5.41, 5.74) is 1.43. The van der Waals surface area contributed by atoms with Gasteiger partial charge in [-0.2, -0.15) is 0 Å². The predicted molar refractivity (Wildman–Crippen MR) is 103 cm³/mol. The minimum atomic E-state index is -0.461. The Labute approximate surface area is 158 Å². The molecule has 2 fully saturated rings. The van der Waals surface area contributed by atoms with E-state index in [1.807, 2.05) is 26.8 Å². The number of hydrogen-bond acceptors (Lipinski definition) is 4. The molecule has 27 heavy (non-hydrogen) atoms. The molecule has 2 aromatic rings. The smallest absolute Gasteiger partial charge is 0.410 e. The second-order valence-electron chi connectivity index (χ2n) is 8.94. The third-order valence-corrected chi connectivity index (χ3v) is 5.47. The van der Waals surface area contributed by atoms with Crippen LogP contribution in [0.2, 0.25) is 0 Å². The fourth-order valence-corrected chi connectivity index (χ4v) is 4.30. The topological polar surface area (TPSA) is 54.5 Å². The highest BCUT2D eigenvalue weighted by Crippen LogP contribution is 2.47. The zero-order chi connectivity index (χ0) is 19.2. The lowest BCUT2D eigenvalue weighted by Gasteiger charge is -2.48. The lowest BCUT2D eigenvalue weighted by atomic mass is 9.78. The maximum absolute atomic E-state index is 13.6. The van der Waals surface area contributed by atoms with Gasteiger partial charge in [0.15, 0.2) is 0 Å². The third-order valence-electron chi connectivity index (χ3n) is 5.47. The lowest BCUT2D eigenvalue weighted by Crippen LogP contribution is -2.58. The van der Waals surface area contributed by atoms with Gasteiger partial charge in [0.05, 0.1) is 5.52 Å². The van der Waals surface area contributed by atoms with Gasteiger partial charge in [0.2, 0.25) is 0 Å². The fraction of sp³-hybridized carbons (Fsp3) is 0.524. The van der Waals surface area contributed by atoms with Crippen LogP contribution in [-0.4, -0.2) is 40.7 Å². The molecule has 1 N–H and O–H groups in total. The summed E-state index contributed by atoms with van der Waals surface area (Å²) in [6.07, 6.45) is 4.66. The molecule has 6 heteroatoms. The quantitative estimate of drug-likeness (QED) is 0.840. The first-order chi connectivity index (χ1) is 12.7. The Morgan fingerprint density at radius 3 is 2.85 bits per heavy atom. The number of carbonyl (C=O) groups excluding carboxylic acids is 1. The standard InChI is InChI=1S/C21H26FN3O2/c1-20(2,3)27-19(26)25-12-21(13-25)8-6-15(11-21)24-18-7-9-23-17-5-4-14(22)10-16(17)18/h4-5,7,9-10,15H,6,8,11-13H2,1-3H3,(H,23,24). The summed E-state index contributed by atoms with van der Waals surface area (Å²) in [6.45, 7) is 7.17. The van der Waals surface area contributed by atoms with Gasteiger partial charge in [0.25, 0.3) is 0 Å². The number of nitrogens with zero attached hydrogens (tertiary/aromatic N) is 2. The maximum atomic E-state index is 13.6. The number of fused-ring (bicyclic) bond motifs is 1. The molecule has 5 nitrogen and oxygen atoms in total. The summed E-state index contributed by atoms with van der Waals surface area (Å²) in [5.74, 6) is -0.256. The molecule has 1 aliphatic heterocycles. The first-order valence-electron chi connectivity index (χ1n) is 9.52. The molecule has 4 rings (SSSR count). The van der Waals surface area contributed by atoms with Gasteiger partial charge in [-0.3, -0.25) is 4.98 Å². The van der Waals surface area contributed by atoms with Gasteiger partial charge in [-0.25, -0.2) is 9.18 Å². The number of rotatable bonds is 2. The van der Waals surface area contributed by atoms with E-state index in [1.54, 1.807) is 17.2 Å². The number of aromatic nitrogens is 1. The van der Waals surface area contributed by atoms with E-state index in [-0.39, 0.29) is 17.3 Å². The number of benzene rings is 1. The average Bonchev–Trinajstić information content (AvgIpc) is 2.97. The summed E-state index contributed by atoms with van der Waals surface area (Å²) in [6, 6.07) is 6.89. The number of anilines is 1. The van der Waals surface area contributed by atoms with Crippen LogP contribution in [0, 0.1) is 11.2 Å². The Kier molecular flexibility index (Phi) is 4.24. The number of halogens is 1. The Balaban J connectivity index is 1.39. The minimum absolute atomic E-state index is 0.183.